The Balaban J connectivity index is 3.18. The summed E-state index contributed by atoms with van der Waals surface area (Å²) in [5.74, 6) is 0.735. The Bertz CT molecular complexity index is 436. The van der Waals surface area contributed by atoms with E-state index in [0.717, 1.165) is 6.42 Å². The molecule has 0 aliphatic carbocycles. The van der Waals surface area contributed by atoms with Crippen molar-refractivity contribution in [1.82, 2.24) is 0 Å². The highest BCUT2D eigenvalue weighted by atomic mass is 16.5. The van der Waals surface area contributed by atoms with Crippen molar-refractivity contribution < 1.29 is 9.84 Å². The van der Waals surface area contributed by atoms with Crippen LogP contribution in [0.2, 0.25) is 0 Å². The van der Waals surface area contributed by atoms with Gasteiger partial charge >= 0.3 is 0 Å². The molecule has 4 heteroatoms. The zero-order chi connectivity index (χ0) is 13.0. The highest BCUT2D eigenvalue weighted by Crippen LogP contribution is 2.36. The normalized spacial score (nSPS) is 12.2. The van der Waals surface area contributed by atoms with Crippen molar-refractivity contribution in [2.45, 2.75) is 26.3 Å². The van der Waals surface area contributed by atoms with Gasteiger partial charge in [-0.25, -0.2) is 0 Å². The molecule has 1 rings (SSSR count). The number of ether oxygens (including phenoxy) is 1. The average molecular weight is 234 g/mol. The topological polar surface area (TPSA) is 79.3 Å². The van der Waals surface area contributed by atoms with E-state index < -0.39 is 0 Å². The lowest BCUT2D eigenvalue weighted by Crippen LogP contribution is -2.13. The summed E-state index contributed by atoms with van der Waals surface area (Å²) in [6.07, 6.45) is 0.742. The number of nitriles is 1. The largest absolute Gasteiger partial charge is 0.504 e. The molecule has 0 radical (unpaired) electrons. The highest BCUT2D eigenvalue weighted by molar-refractivity contribution is 5.52. The lowest BCUT2D eigenvalue weighted by molar-refractivity contribution is 0.366. The summed E-state index contributed by atoms with van der Waals surface area (Å²) < 4.78 is 5.03. The number of phenolic OH excluding ortho intramolecular Hbond substituents is 1. The van der Waals surface area contributed by atoms with E-state index in [-0.39, 0.29) is 11.8 Å². The summed E-state index contributed by atoms with van der Waals surface area (Å²) in [5.41, 5.74) is 7.02. The van der Waals surface area contributed by atoms with Crippen molar-refractivity contribution in [3.8, 4) is 17.6 Å². The van der Waals surface area contributed by atoms with Crippen molar-refractivity contribution in [1.29, 1.82) is 5.26 Å². The summed E-state index contributed by atoms with van der Waals surface area (Å²) in [5, 5.41) is 18.9. The Kier molecular flexibility index (Phi) is 4.36. The van der Waals surface area contributed by atoms with Crippen LogP contribution in [0.25, 0.3) is 0 Å². The van der Waals surface area contributed by atoms with Crippen LogP contribution in [-0.2, 0) is 0 Å². The van der Waals surface area contributed by atoms with E-state index in [1.165, 1.54) is 13.2 Å². The van der Waals surface area contributed by atoms with Gasteiger partial charge in [0.2, 0.25) is 0 Å². The van der Waals surface area contributed by atoms with Gasteiger partial charge in [0.1, 0.15) is 0 Å². The lowest BCUT2D eigenvalue weighted by Gasteiger charge is -2.17. The molecule has 0 aliphatic rings. The second-order valence-corrected chi connectivity index (χ2v) is 4.46. The van der Waals surface area contributed by atoms with Gasteiger partial charge in [-0.2, -0.15) is 5.26 Å². The standard InChI is InChI=1S/C13H18N2O2/c1-8(2)4-11(15)10-5-9(7-14)6-12(17-3)13(10)16/h5-6,8,11,16H,4,15H2,1-3H3/t11-/m1/s1. The van der Waals surface area contributed by atoms with Gasteiger partial charge in [0.25, 0.3) is 0 Å². The predicted octanol–water partition coefficient (Wildman–Crippen LogP) is 2.32. The number of hydrogen-bond donors (Lipinski definition) is 2. The number of benzene rings is 1. The molecule has 1 atom stereocenters. The maximum absolute atomic E-state index is 9.98. The predicted molar refractivity (Wildman–Crippen MR) is 65.8 cm³/mol. The molecule has 0 amide bonds. The van der Waals surface area contributed by atoms with Crippen LogP contribution in [-0.4, -0.2) is 12.2 Å². The molecule has 4 nitrogen and oxygen atoms in total. The molecule has 1 aromatic rings. The number of rotatable bonds is 4. The second kappa shape index (κ2) is 5.55. The summed E-state index contributed by atoms with van der Waals surface area (Å²) in [6.45, 7) is 4.12. The van der Waals surface area contributed by atoms with Gasteiger partial charge in [-0.15, -0.1) is 0 Å². The molecule has 0 fully saturated rings. The van der Waals surface area contributed by atoms with Crippen LogP contribution >= 0.6 is 0 Å². The third-order valence-electron chi connectivity index (χ3n) is 2.58. The van der Waals surface area contributed by atoms with E-state index in [9.17, 15) is 5.11 Å². The molecule has 0 bridgehead atoms. The van der Waals surface area contributed by atoms with Gasteiger partial charge < -0.3 is 15.6 Å². The summed E-state index contributed by atoms with van der Waals surface area (Å²) >= 11 is 0. The zero-order valence-electron chi connectivity index (χ0n) is 10.4. The Labute approximate surface area is 102 Å². The minimum atomic E-state index is -0.294. The maximum atomic E-state index is 9.98. The first-order chi connectivity index (χ1) is 7.99. The van der Waals surface area contributed by atoms with E-state index in [1.54, 1.807) is 6.07 Å². The van der Waals surface area contributed by atoms with E-state index in [1.807, 2.05) is 6.07 Å². The van der Waals surface area contributed by atoms with Crippen LogP contribution in [0.3, 0.4) is 0 Å². The van der Waals surface area contributed by atoms with Gasteiger partial charge in [-0.3, -0.25) is 0 Å². The highest BCUT2D eigenvalue weighted by Gasteiger charge is 2.17. The molecule has 0 saturated carbocycles. The third kappa shape index (κ3) is 3.11. The molecule has 0 spiro atoms. The first-order valence-electron chi connectivity index (χ1n) is 5.56. The number of nitrogens with two attached hydrogens (primary N) is 1. The van der Waals surface area contributed by atoms with Crippen LogP contribution in [0.4, 0.5) is 0 Å². The van der Waals surface area contributed by atoms with Crippen molar-refractivity contribution in [2.75, 3.05) is 7.11 Å². The number of hydrogen-bond acceptors (Lipinski definition) is 4. The van der Waals surface area contributed by atoms with Gasteiger partial charge in [0, 0.05) is 17.7 Å². The first-order valence-corrected chi connectivity index (χ1v) is 5.56. The number of aromatic hydroxyl groups is 1. The van der Waals surface area contributed by atoms with Crippen LogP contribution in [0, 0.1) is 17.2 Å². The smallest absolute Gasteiger partial charge is 0.162 e. The molecule has 92 valence electrons. The lowest BCUT2D eigenvalue weighted by atomic mass is 9.95. The molecule has 1 aromatic carbocycles. The van der Waals surface area contributed by atoms with Crippen molar-refractivity contribution in [2.24, 2.45) is 11.7 Å². The van der Waals surface area contributed by atoms with Crippen LogP contribution < -0.4 is 10.5 Å². The summed E-state index contributed by atoms with van der Waals surface area (Å²) in [6, 6.07) is 4.85. The fourth-order valence-electron chi connectivity index (χ4n) is 1.77. The summed E-state index contributed by atoms with van der Waals surface area (Å²) in [7, 11) is 1.45. The van der Waals surface area contributed by atoms with Gasteiger partial charge in [-0.1, -0.05) is 13.8 Å². The van der Waals surface area contributed by atoms with Crippen LogP contribution in [0.5, 0.6) is 11.5 Å². The minimum Gasteiger partial charge on any atom is -0.504 e. The third-order valence-corrected chi connectivity index (χ3v) is 2.58. The Morgan fingerprint density at radius 1 is 1.47 bits per heavy atom. The first kappa shape index (κ1) is 13.3. The molecule has 17 heavy (non-hydrogen) atoms. The van der Waals surface area contributed by atoms with Gasteiger partial charge in [0.15, 0.2) is 11.5 Å². The summed E-state index contributed by atoms with van der Waals surface area (Å²) in [4.78, 5) is 0. The van der Waals surface area contributed by atoms with Gasteiger partial charge in [-0.05, 0) is 18.4 Å². The SMILES string of the molecule is COc1cc(C#N)cc([C@H](N)CC(C)C)c1O. The van der Waals surface area contributed by atoms with Crippen LogP contribution in [0.1, 0.15) is 37.4 Å². The molecule has 0 aliphatic heterocycles. The number of methoxy groups -OCH3 is 1. The van der Waals surface area contributed by atoms with E-state index >= 15 is 0 Å². The Hall–Kier alpha value is -1.73. The molecule has 0 saturated heterocycles. The monoisotopic (exact) mass is 234 g/mol. The molecular weight excluding hydrogens is 216 g/mol. The van der Waals surface area contributed by atoms with E-state index in [0.29, 0.717) is 22.8 Å². The van der Waals surface area contributed by atoms with Crippen LogP contribution in [0.15, 0.2) is 12.1 Å². The molecular formula is C13H18N2O2. The molecule has 0 heterocycles. The second-order valence-electron chi connectivity index (χ2n) is 4.46. The fraction of sp³-hybridized carbons (Fsp3) is 0.462. The maximum Gasteiger partial charge on any atom is 0.162 e. The quantitative estimate of drug-likeness (QED) is 0.837. The Morgan fingerprint density at radius 2 is 2.12 bits per heavy atom. The Morgan fingerprint density at radius 3 is 2.59 bits per heavy atom. The van der Waals surface area contributed by atoms with E-state index in [2.05, 4.69) is 13.8 Å². The zero-order valence-corrected chi connectivity index (χ0v) is 10.4. The fourth-order valence-corrected chi connectivity index (χ4v) is 1.77. The van der Waals surface area contributed by atoms with Crippen molar-refractivity contribution >= 4 is 0 Å². The van der Waals surface area contributed by atoms with Crippen molar-refractivity contribution in [3.05, 3.63) is 23.3 Å². The van der Waals surface area contributed by atoms with Gasteiger partial charge in [0.05, 0.1) is 18.7 Å². The number of phenols is 1. The molecule has 3 N–H and O–H groups in total. The molecule has 0 aromatic heterocycles. The van der Waals surface area contributed by atoms with Crippen molar-refractivity contribution in [3.63, 3.8) is 0 Å². The number of nitrogens with zero attached hydrogens (tertiary/aromatic N) is 1. The minimum absolute atomic E-state index is 0.0275. The van der Waals surface area contributed by atoms with E-state index in [4.69, 9.17) is 15.7 Å². The molecule has 0 unspecified atom stereocenters. The average Bonchev–Trinajstić information content (AvgIpc) is 2.28.